The molecule has 0 saturated carbocycles. The monoisotopic (exact) mass is 233 g/mol. The number of aromatic amines is 1. The highest BCUT2D eigenvalue weighted by atomic mass is 16.5. The lowest BCUT2D eigenvalue weighted by molar-refractivity contribution is -0.135. The van der Waals surface area contributed by atoms with Crippen LogP contribution in [-0.2, 0) is 4.79 Å². The van der Waals surface area contributed by atoms with E-state index in [1.165, 1.54) is 0 Å². The number of carboxylic acids is 1. The van der Waals surface area contributed by atoms with Crippen LogP contribution in [0.3, 0.4) is 0 Å². The van der Waals surface area contributed by atoms with Gasteiger partial charge in [-0.25, -0.2) is 0 Å². The number of hydrogen-bond donors (Lipinski definition) is 2. The lowest BCUT2D eigenvalue weighted by Gasteiger charge is -1.99. The summed E-state index contributed by atoms with van der Waals surface area (Å²) < 4.78 is 5.15. The molecule has 2 rings (SSSR count). The molecule has 0 aliphatic heterocycles. The zero-order chi connectivity index (χ0) is 12.4. The highest BCUT2D eigenvalue weighted by Crippen LogP contribution is 2.26. The van der Waals surface area contributed by atoms with E-state index in [1.807, 2.05) is 0 Å². The quantitative estimate of drug-likeness (QED) is 0.623. The second-order valence-corrected chi connectivity index (χ2v) is 3.60. The molecule has 0 amide bonds. The fraction of sp³-hybridized carbons (Fsp3) is 0.167. The number of aliphatic carboxylic acids is 1. The topological polar surface area (TPSA) is 79.4 Å². The van der Waals surface area contributed by atoms with Crippen molar-refractivity contribution in [3.8, 4) is 5.75 Å². The number of benzene rings is 1. The molecule has 0 saturated heterocycles. The number of carbonyl (C=O) groups is 2. The Morgan fingerprint density at radius 3 is 2.82 bits per heavy atom. The van der Waals surface area contributed by atoms with Gasteiger partial charge in [0, 0.05) is 10.9 Å². The first-order valence-electron chi connectivity index (χ1n) is 5.02. The zero-order valence-corrected chi connectivity index (χ0v) is 9.19. The summed E-state index contributed by atoms with van der Waals surface area (Å²) in [6, 6.07) is 6.99. The fourth-order valence-electron chi connectivity index (χ4n) is 1.69. The van der Waals surface area contributed by atoms with Crippen molar-refractivity contribution in [3.05, 3.63) is 30.0 Å². The van der Waals surface area contributed by atoms with Crippen molar-refractivity contribution < 1.29 is 19.4 Å². The minimum absolute atomic E-state index is 0.284. The third-order valence-corrected chi connectivity index (χ3v) is 2.46. The smallest absolute Gasteiger partial charge is 0.311 e. The summed E-state index contributed by atoms with van der Waals surface area (Å²) in [5.41, 5.74) is 1.03. The van der Waals surface area contributed by atoms with Crippen LogP contribution in [0.2, 0.25) is 0 Å². The number of aromatic nitrogens is 1. The SMILES string of the molecule is COc1cccc2[nH]c(C(=O)CC(=O)O)cc12. The van der Waals surface area contributed by atoms with Crippen LogP contribution < -0.4 is 4.74 Å². The Balaban J connectivity index is 2.44. The predicted octanol–water partition coefficient (Wildman–Crippen LogP) is 1.83. The van der Waals surface area contributed by atoms with Crippen molar-refractivity contribution in [1.29, 1.82) is 0 Å². The molecule has 17 heavy (non-hydrogen) atoms. The van der Waals surface area contributed by atoms with Gasteiger partial charge in [-0.05, 0) is 18.2 Å². The van der Waals surface area contributed by atoms with E-state index in [1.54, 1.807) is 31.4 Å². The second kappa shape index (κ2) is 4.29. The van der Waals surface area contributed by atoms with E-state index < -0.39 is 18.2 Å². The maximum Gasteiger partial charge on any atom is 0.311 e. The molecule has 1 aromatic carbocycles. The van der Waals surface area contributed by atoms with Gasteiger partial charge in [0.2, 0.25) is 0 Å². The van der Waals surface area contributed by atoms with E-state index >= 15 is 0 Å². The molecule has 0 bridgehead atoms. The maximum atomic E-state index is 11.6. The van der Waals surface area contributed by atoms with Crippen LogP contribution in [0.4, 0.5) is 0 Å². The summed E-state index contributed by atoms with van der Waals surface area (Å²) >= 11 is 0. The molecule has 0 fully saturated rings. The molecule has 0 aliphatic rings. The van der Waals surface area contributed by atoms with E-state index in [-0.39, 0.29) is 5.69 Å². The van der Waals surface area contributed by atoms with Gasteiger partial charge in [-0.2, -0.15) is 0 Å². The molecule has 1 heterocycles. The van der Waals surface area contributed by atoms with E-state index in [9.17, 15) is 9.59 Å². The maximum absolute atomic E-state index is 11.6. The molecule has 0 spiro atoms. The molecule has 0 aliphatic carbocycles. The van der Waals surface area contributed by atoms with Gasteiger partial charge >= 0.3 is 5.97 Å². The van der Waals surface area contributed by atoms with E-state index in [0.29, 0.717) is 5.75 Å². The molecule has 0 atom stereocenters. The van der Waals surface area contributed by atoms with E-state index in [2.05, 4.69) is 4.98 Å². The molecule has 88 valence electrons. The third kappa shape index (κ3) is 2.13. The third-order valence-electron chi connectivity index (χ3n) is 2.46. The van der Waals surface area contributed by atoms with Crippen LogP contribution >= 0.6 is 0 Å². The van der Waals surface area contributed by atoms with Gasteiger partial charge < -0.3 is 14.8 Å². The summed E-state index contributed by atoms with van der Waals surface area (Å²) in [6.07, 6.45) is -0.519. The van der Waals surface area contributed by atoms with Crippen molar-refractivity contribution in [2.45, 2.75) is 6.42 Å². The zero-order valence-electron chi connectivity index (χ0n) is 9.19. The largest absolute Gasteiger partial charge is 0.496 e. The number of Topliss-reactive ketones (excluding diaryl/α,β-unsaturated/α-hetero) is 1. The summed E-state index contributed by atoms with van der Waals surface area (Å²) in [4.78, 5) is 24.9. The van der Waals surface area contributed by atoms with Crippen molar-refractivity contribution in [2.24, 2.45) is 0 Å². The first-order valence-corrected chi connectivity index (χ1v) is 5.02. The Hall–Kier alpha value is -2.30. The number of methoxy groups -OCH3 is 1. The Kier molecular flexibility index (Phi) is 2.82. The number of nitrogens with one attached hydrogen (secondary N) is 1. The second-order valence-electron chi connectivity index (χ2n) is 3.60. The molecule has 0 radical (unpaired) electrons. The van der Waals surface area contributed by atoms with Crippen molar-refractivity contribution in [3.63, 3.8) is 0 Å². The number of ketones is 1. The van der Waals surface area contributed by atoms with Gasteiger partial charge in [-0.3, -0.25) is 9.59 Å². The minimum atomic E-state index is -1.14. The summed E-state index contributed by atoms with van der Waals surface area (Å²) in [7, 11) is 1.54. The Morgan fingerprint density at radius 2 is 2.18 bits per heavy atom. The molecular weight excluding hydrogens is 222 g/mol. The Labute approximate surface area is 97.0 Å². The molecule has 1 aromatic heterocycles. The molecule has 5 nitrogen and oxygen atoms in total. The first-order chi connectivity index (χ1) is 8.11. The Morgan fingerprint density at radius 1 is 1.41 bits per heavy atom. The standard InChI is InChI=1S/C12H11NO4/c1-17-11-4-2-3-8-7(11)5-9(13-8)10(14)6-12(15)16/h2-5,13H,6H2,1H3,(H,15,16). The lowest BCUT2D eigenvalue weighted by atomic mass is 10.2. The number of ether oxygens (including phenoxy) is 1. The Bertz CT molecular complexity index is 585. The number of carboxylic acid groups (broad SMARTS) is 1. The van der Waals surface area contributed by atoms with Gasteiger partial charge in [-0.15, -0.1) is 0 Å². The van der Waals surface area contributed by atoms with Crippen molar-refractivity contribution in [1.82, 2.24) is 4.98 Å². The average molecular weight is 233 g/mol. The lowest BCUT2D eigenvalue weighted by Crippen LogP contribution is -2.06. The number of fused-ring (bicyclic) bond motifs is 1. The highest BCUT2D eigenvalue weighted by Gasteiger charge is 2.14. The molecule has 2 aromatic rings. The first kappa shape index (κ1) is 11.2. The van der Waals surface area contributed by atoms with Crippen LogP contribution in [0.1, 0.15) is 16.9 Å². The fourth-order valence-corrected chi connectivity index (χ4v) is 1.69. The minimum Gasteiger partial charge on any atom is -0.496 e. The van der Waals surface area contributed by atoms with E-state index in [4.69, 9.17) is 9.84 Å². The van der Waals surface area contributed by atoms with E-state index in [0.717, 1.165) is 10.9 Å². The molecular formula is C12H11NO4. The van der Waals surface area contributed by atoms with Crippen LogP contribution in [-0.4, -0.2) is 29.0 Å². The van der Waals surface area contributed by atoms with Gasteiger partial charge in [0.1, 0.15) is 12.2 Å². The van der Waals surface area contributed by atoms with Gasteiger partial charge in [0.15, 0.2) is 5.78 Å². The predicted molar refractivity (Wildman–Crippen MR) is 61.4 cm³/mol. The molecule has 0 unspecified atom stereocenters. The van der Waals surface area contributed by atoms with Gasteiger partial charge in [-0.1, -0.05) is 6.07 Å². The normalized spacial score (nSPS) is 10.4. The summed E-state index contributed by atoms with van der Waals surface area (Å²) in [5, 5.41) is 9.33. The highest BCUT2D eigenvalue weighted by molar-refractivity contribution is 6.07. The number of H-pyrrole nitrogens is 1. The molecule has 5 heteroatoms. The summed E-state index contributed by atoms with van der Waals surface area (Å²) in [5.74, 6) is -0.940. The van der Waals surface area contributed by atoms with Crippen LogP contribution in [0.15, 0.2) is 24.3 Å². The number of carbonyl (C=O) groups excluding carboxylic acids is 1. The van der Waals surface area contributed by atoms with Gasteiger partial charge in [0.25, 0.3) is 0 Å². The van der Waals surface area contributed by atoms with Crippen molar-refractivity contribution >= 4 is 22.7 Å². The van der Waals surface area contributed by atoms with Crippen molar-refractivity contribution in [2.75, 3.05) is 7.11 Å². The van der Waals surface area contributed by atoms with Crippen LogP contribution in [0.5, 0.6) is 5.75 Å². The van der Waals surface area contributed by atoms with Crippen LogP contribution in [0, 0.1) is 0 Å². The molecule has 2 N–H and O–H groups in total. The van der Waals surface area contributed by atoms with Gasteiger partial charge in [0.05, 0.1) is 12.8 Å². The summed E-state index contributed by atoms with van der Waals surface area (Å²) in [6.45, 7) is 0. The average Bonchev–Trinajstić information content (AvgIpc) is 2.71. The number of hydrogen-bond acceptors (Lipinski definition) is 3. The number of rotatable bonds is 4. The van der Waals surface area contributed by atoms with Crippen LogP contribution in [0.25, 0.3) is 10.9 Å².